The summed E-state index contributed by atoms with van der Waals surface area (Å²) in [6.45, 7) is 1.72. The Balaban J connectivity index is 1.55. The highest BCUT2D eigenvalue weighted by Crippen LogP contribution is 2.37. The summed E-state index contributed by atoms with van der Waals surface area (Å²) < 4.78 is 5.44. The van der Waals surface area contributed by atoms with Gasteiger partial charge in [-0.2, -0.15) is 11.8 Å². The number of hydrogen-bond donors (Lipinski definition) is 0. The van der Waals surface area contributed by atoms with E-state index in [1.54, 1.807) is 4.90 Å². The molecule has 0 saturated carbocycles. The molecule has 0 aromatic heterocycles. The first-order valence-electron chi connectivity index (χ1n) is 8.05. The number of carbonyl (C=O) groups is 1. The lowest BCUT2D eigenvalue weighted by Crippen LogP contribution is -2.33. The molecule has 0 bridgehead atoms. The molecular formula is C19H20ClNO2S. The maximum Gasteiger partial charge on any atom is 0.410 e. The average molecular weight is 362 g/mol. The summed E-state index contributed by atoms with van der Waals surface area (Å²) in [5.74, 6) is 0.885. The number of amides is 1. The second-order valence-electron chi connectivity index (χ2n) is 5.70. The van der Waals surface area contributed by atoms with Crippen LogP contribution >= 0.6 is 23.4 Å². The van der Waals surface area contributed by atoms with E-state index in [1.807, 2.05) is 60.3 Å². The normalized spacial score (nSPS) is 18.0. The highest BCUT2D eigenvalue weighted by molar-refractivity contribution is 7.99. The quantitative estimate of drug-likeness (QED) is 0.756. The van der Waals surface area contributed by atoms with Crippen molar-refractivity contribution in [2.45, 2.75) is 18.3 Å². The standard InChI is InChI=1S/C19H20ClNO2S/c20-17-9-5-4-8-16(17)18-10-11-21(12-13-24-18)19(22)23-14-15-6-2-1-3-7-15/h1-9,18H,10-14H2. The molecule has 0 N–H and O–H groups in total. The van der Waals surface area contributed by atoms with Crippen molar-refractivity contribution in [2.24, 2.45) is 0 Å². The largest absolute Gasteiger partial charge is 0.445 e. The molecule has 1 aliphatic rings. The second-order valence-corrected chi connectivity index (χ2v) is 7.41. The van der Waals surface area contributed by atoms with E-state index < -0.39 is 0 Å². The van der Waals surface area contributed by atoms with E-state index in [1.165, 1.54) is 0 Å². The molecule has 2 aromatic carbocycles. The molecule has 2 aromatic rings. The van der Waals surface area contributed by atoms with Crippen molar-refractivity contribution in [2.75, 3.05) is 18.8 Å². The summed E-state index contributed by atoms with van der Waals surface area (Å²) in [4.78, 5) is 14.1. The minimum Gasteiger partial charge on any atom is -0.445 e. The van der Waals surface area contributed by atoms with Crippen LogP contribution in [0.15, 0.2) is 54.6 Å². The number of thioether (sulfide) groups is 1. The van der Waals surface area contributed by atoms with Gasteiger partial charge in [0.15, 0.2) is 0 Å². The average Bonchev–Trinajstić information content (AvgIpc) is 2.87. The molecule has 0 radical (unpaired) electrons. The molecule has 1 saturated heterocycles. The zero-order valence-electron chi connectivity index (χ0n) is 13.4. The van der Waals surface area contributed by atoms with E-state index in [2.05, 4.69) is 6.07 Å². The summed E-state index contributed by atoms with van der Waals surface area (Å²) in [5.41, 5.74) is 2.16. The molecule has 3 rings (SSSR count). The fourth-order valence-electron chi connectivity index (χ4n) is 2.75. The summed E-state index contributed by atoms with van der Waals surface area (Å²) >= 11 is 8.16. The molecule has 3 nitrogen and oxygen atoms in total. The van der Waals surface area contributed by atoms with Crippen LogP contribution in [0, 0.1) is 0 Å². The highest BCUT2D eigenvalue weighted by atomic mass is 35.5. The SMILES string of the molecule is O=C(OCc1ccccc1)N1CCSC(c2ccccc2Cl)CC1. The van der Waals surface area contributed by atoms with E-state index in [-0.39, 0.29) is 6.09 Å². The van der Waals surface area contributed by atoms with Gasteiger partial charge < -0.3 is 9.64 Å². The number of ether oxygens (including phenoxy) is 1. The van der Waals surface area contributed by atoms with Gasteiger partial charge in [0.25, 0.3) is 0 Å². The minimum atomic E-state index is -0.237. The number of benzene rings is 2. The van der Waals surface area contributed by atoms with Crippen molar-refractivity contribution < 1.29 is 9.53 Å². The third-order valence-electron chi connectivity index (χ3n) is 4.06. The van der Waals surface area contributed by atoms with E-state index >= 15 is 0 Å². The lowest BCUT2D eigenvalue weighted by atomic mass is 10.1. The molecule has 1 amide bonds. The van der Waals surface area contributed by atoms with Crippen LogP contribution in [0.3, 0.4) is 0 Å². The number of halogens is 1. The second kappa shape index (κ2) is 8.45. The van der Waals surface area contributed by atoms with Crippen LogP contribution in [0.25, 0.3) is 0 Å². The summed E-state index contributed by atoms with van der Waals surface area (Å²) in [7, 11) is 0. The monoisotopic (exact) mass is 361 g/mol. The maximum atomic E-state index is 12.3. The molecule has 1 atom stereocenters. The molecular weight excluding hydrogens is 342 g/mol. The zero-order chi connectivity index (χ0) is 16.8. The van der Waals surface area contributed by atoms with Crippen LogP contribution in [0.5, 0.6) is 0 Å². The Bertz CT molecular complexity index is 680. The van der Waals surface area contributed by atoms with E-state index in [4.69, 9.17) is 16.3 Å². The van der Waals surface area contributed by atoms with E-state index in [0.717, 1.165) is 28.3 Å². The predicted molar refractivity (Wildman–Crippen MR) is 99.5 cm³/mol. The van der Waals surface area contributed by atoms with Crippen LogP contribution in [-0.4, -0.2) is 29.8 Å². The molecule has 5 heteroatoms. The zero-order valence-corrected chi connectivity index (χ0v) is 14.9. The van der Waals surface area contributed by atoms with Crippen LogP contribution in [-0.2, 0) is 11.3 Å². The van der Waals surface area contributed by atoms with Gasteiger partial charge in [0, 0.05) is 29.1 Å². The molecule has 1 unspecified atom stereocenters. The smallest absolute Gasteiger partial charge is 0.410 e. The van der Waals surface area contributed by atoms with Gasteiger partial charge in [-0.15, -0.1) is 0 Å². The molecule has 126 valence electrons. The molecule has 0 aliphatic carbocycles. The third kappa shape index (κ3) is 4.46. The molecule has 0 spiro atoms. The Hall–Kier alpha value is -1.65. The van der Waals surface area contributed by atoms with E-state index in [0.29, 0.717) is 24.9 Å². The fourth-order valence-corrected chi connectivity index (χ4v) is 4.35. The van der Waals surface area contributed by atoms with Gasteiger partial charge in [-0.3, -0.25) is 0 Å². The Morgan fingerprint density at radius 3 is 2.67 bits per heavy atom. The topological polar surface area (TPSA) is 29.5 Å². The minimum absolute atomic E-state index is 0.237. The first-order chi connectivity index (χ1) is 11.7. The van der Waals surface area contributed by atoms with Gasteiger partial charge in [-0.05, 0) is 23.6 Å². The number of carbonyl (C=O) groups excluding carboxylic acids is 1. The Morgan fingerprint density at radius 1 is 1.12 bits per heavy atom. The van der Waals surface area contributed by atoms with Gasteiger partial charge in [0.2, 0.25) is 0 Å². The van der Waals surface area contributed by atoms with Gasteiger partial charge in [-0.25, -0.2) is 4.79 Å². The molecule has 1 aliphatic heterocycles. The van der Waals surface area contributed by atoms with E-state index in [9.17, 15) is 4.79 Å². The van der Waals surface area contributed by atoms with Crippen molar-refractivity contribution in [1.29, 1.82) is 0 Å². The number of nitrogens with zero attached hydrogens (tertiary/aromatic N) is 1. The first kappa shape index (κ1) is 17.2. The fraction of sp³-hybridized carbons (Fsp3) is 0.316. The van der Waals surface area contributed by atoms with Crippen molar-refractivity contribution >= 4 is 29.5 Å². The van der Waals surface area contributed by atoms with Gasteiger partial charge in [0.1, 0.15) is 6.61 Å². The van der Waals surface area contributed by atoms with Crippen molar-refractivity contribution in [3.8, 4) is 0 Å². The van der Waals surface area contributed by atoms with Gasteiger partial charge >= 0.3 is 6.09 Å². The lowest BCUT2D eigenvalue weighted by molar-refractivity contribution is 0.0985. The van der Waals surface area contributed by atoms with Crippen molar-refractivity contribution in [3.63, 3.8) is 0 Å². The van der Waals surface area contributed by atoms with Crippen LogP contribution in [0.4, 0.5) is 4.79 Å². The third-order valence-corrected chi connectivity index (χ3v) is 5.71. The Morgan fingerprint density at radius 2 is 1.88 bits per heavy atom. The Labute approximate surface area is 151 Å². The summed E-state index contributed by atoms with van der Waals surface area (Å²) in [6.07, 6.45) is 0.647. The van der Waals surface area contributed by atoms with Crippen LogP contribution in [0.2, 0.25) is 5.02 Å². The first-order valence-corrected chi connectivity index (χ1v) is 9.48. The van der Waals surface area contributed by atoms with Crippen molar-refractivity contribution in [1.82, 2.24) is 4.90 Å². The Kier molecular flexibility index (Phi) is 6.05. The lowest BCUT2D eigenvalue weighted by Gasteiger charge is -2.20. The maximum absolute atomic E-state index is 12.3. The van der Waals surface area contributed by atoms with Gasteiger partial charge in [-0.1, -0.05) is 60.1 Å². The summed E-state index contributed by atoms with van der Waals surface area (Å²) in [5, 5.41) is 1.13. The van der Waals surface area contributed by atoms with Crippen LogP contribution in [0.1, 0.15) is 22.8 Å². The summed E-state index contributed by atoms with van der Waals surface area (Å²) in [6, 6.07) is 17.7. The molecule has 1 heterocycles. The van der Waals surface area contributed by atoms with Crippen molar-refractivity contribution in [3.05, 3.63) is 70.7 Å². The number of hydrogen-bond acceptors (Lipinski definition) is 3. The van der Waals surface area contributed by atoms with Crippen LogP contribution < -0.4 is 0 Å². The number of rotatable bonds is 3. The molecule has 24 heavy (non-hydrogen) atoms. The molecule has 1 fully saturated rings. The highest BCUT2D eigenvalue weighted by Gasteiger charge is 2.24. The predicted octanol–water partition coefficient (Wildman–Crippen LogP) is 5.16. The van der Waals surface area contributed by atoms with Gasteiger partial charge in [0.05, 0.1) is 0 Å².